The van der Waals surface area contributed by atoms with Crippen LogP contribution in [0.5, 0.6) is 0 Å². The molecule has 0 saturated carbocycles. The van der Waals surface area contributed by atoms with E-state index in [1.54, 1.807) is 0 Å². The van der Waals surface area contributed by atoms with E-state index in [-0.39, 0.29) is 11.3 Å². The van der Waals surface area contributed by atoms with Gasteiger partial charge >= 0.3 is 0 Å². The summed E-state index contributed by atoms with van der Waals surface area (Å²) < 4.78 is 11.1. The fourth-order valence-corrected chi connectivity index (χ4v) is 1.67. The van der Waals surface area contributed by atoms with Crippen molar-refractivity contribution in [3.63, 3.8) is 0 Å². The van der Waals surface area contributed by atoms with E-state index in [2.05, 4.69) is 0 Å². The summed E-state index contributed by atoms with van der Waals surface area (Å²) in [6, 6.07) is 0. The van der Waals surface area contributed by atoms with Gasteiger partial charge in [-0.3, -0.25) is 5.41 Å². The zero-order valence-electron chi connectivity index (χ0n) is 8.00. The lowest BCUT2D eigenvalue weighted by Gasteiger charge is -2.20. The lowest BCUT2D eigenvalue weighted by molar-refractivity contribution is -0.152. The quantitative estimate of drug-likeness (QED) is 0.534. The number of hydrogen-bond acceptors (Lipinski definition) is 4. The molecule has 0 bridgehead atoms. The van der Waals surface area contributed by atoms with Gasteiger partial charge in [0.05, 0.1) is 12.7 Å². The van der Waals surface area contributed by atoms with Crippen LogP contribution in [0.15, 0.2) is 0 Å². The monoisotopic (exact) mass is 204 g/mol. The van der Waals surface area contributed by atoms with E-state index < -0.39 is 5.79 Å². The fraction of sp³-hybridized carbons (Fsp3) is 0.875. The van der Waals surface area contributed by atoms with E-state index in [9.17, 15) is 0 Å². The Balaban J connectivity index is 2.29. The molecule has 0 unspecified atom stereocenters. The van der Waals surface area contributed by atoms with Crippen molar-refractivity contribution in [3.8, 4) is 0 Å². The van der Waals surface area contributed by atoms with Gasteiger partial charge in [-0.1, -0.05) is 18.7 Å². The van der Waals surface area contributed by atoms with Gasteiger partial charge in [-0.15, -0.1) is 0 Å². The molecular formula is C8H16N2O2S. The van der Waals surface area contributed by atoms with Gasteiger partial charge in [-0.25, -0.2) is 0 Å². The summed E-state index contributed by atoms with van der Waals surface area (Å²) in [6.07, 6.45) is 0.910. The number of rotatable bonds is 3. The number of ether oxygens (including phenoxy) is 2. The second kappa shape index (κ2) is 4.30. The zero-order chi connectivity index (χ0) is 9.90. The topological polar surface area (TPSA) is 68.3 Å². The largest absolute Gasteiger partial charge is 0.379 e. The van der Waals surface area contributed by atoms with Crippen LogP contribution in [0, 0.1) is 5.41 Å². The minimum atomic E-state index is -0.429. The van der Waals surface area contributed by atoms with Crippen molar-refractivity contribution >= 4 is 16.9 Å². The van der Waals surface area contributed by atoms with E-state index >= 15 is 0 Å². The van der Waals surface area contributed by atoms with Crippen LogP contribution in [0.25, 0.3) is 0 Å². The number of amidine groups is 1. The first-order chi connectivity index (χ1) is 6.06. The number of thioether (sulfide) groups is 1. The van der Waals surface area contributed by atoms with Crippen LogP contribution >= 0.6 is 11.8 Å². The molecule has 2 atom stereocenters. The highest BCUT2D eigenvalue weighted by Gasteiger charge is 2.35. The van der Waals surface area contributed by atoms with E-state index in [0.29, 0.717) is 12.4 Å². The molecule has 1 rings (SSSR count). The lowest BCUT2D eigenvalue weighted by Crippen LogP contribution is -2.26. The molecular weight excluding hydrogens is 188 g/mol. The molecule has 1 fully saturated rings. The predicted molar refractivity (Wildman–Crippen MR) is 53.9 cm³/mol. The van der Waals surface area contributed by atoms with Crippen molar-refractivity contribution in [1.29, 1.82) is 5.41 Å². The Kier molecular flexibility index (Phi) is 3.58. The maximum atomic E-state index is 7.05. The molecule has 0 aromatic rings. The van der Waals surface area contributed by atoms with Crippen molar-refractivity contribution in [1.82, 2.24) is 0 Å². The van der Waals surface area contributed by atoms with Gasteiger partial charge in [0, 0.05) is 5.75 Å². The highest BCUT2D eigenvalue weighted by molar-refractivity contribution is 8.13. The third-order valence-electron chi connectivity index (χ3n) is 2.06. The highest BCUT2D eigenvalue weighted by Crippen LogP contribution is 2.27. The Labute approximate surface area is 82.7 Å². The van der Waals surface area contributed by atoms with Gasteiger partial charge in [-0.2, -0.15) is 0 Å². The van der Waals surface area contributed by atoms with Crippen molar-refractivity contribution in [2.24, 2.45) is 5.73 Å². The maximum absolute atomic E-state index is 7.05. The molecule has 3 N–H and O–H groups in total. The van der Waals surface area contributed by atoms with E-state index in [1.807, 2.05) is 13.8 Å². The predicted octanol–water partition coefficient (Wildman–Crippen LogP) is 1.15. The van der Waals surface area contributed by atoms with Crippen LogP contribution in [0.3, 0.4) is 0 Å². The first kappa shape index (κ1) is 10.8. The third kappa shape index (κ3) is 3.17. The summed E-state index contributed by atoms with van der Waals surface area (Å²) in [4.78, 5) is 0. The second-order valence-corrected chi connectivity index (χ2v) is 4.28. The average Bonchev–Trinajstić information content (AvgIpc) is 2.45. The molecule has 0 aromatic carbocycles. The SMILES string of the molecule is CC[C@]1(C)OC[C@@H](CSC(=N)N)O1. The van der Waals surface area contributed by atoms with E-state index in [0.717, 1.165) is 6.42 Å². The first-order valence-corrected chi connectivity index (χ1v) is 5.33. The van der Waals surface area contributed by atoms with Gasteiger partial charge < -0.3 is 15.2 Å². The molecule has 1 heterocycles. The lowest BCUT2D eigenvalue weighted by atomic mass is 10.2. The Hall–Kier alpha value is -0.260. The molecule has 0 aromatic heterocycles. The Morgan fingerprint density at radius 2 is 2.46 bits per heavy atom. The zero-order valence-corrected chi connectivity index (χ0v) is 8.82. The molecule has 1 aliphatic heterocycles. The van der Waals surface area contributed by atoms with Gasteiger partial charge in [0.25, 0.3) is 0 Å². The van der Waals surface area contributed by atoms with Crippen LogP contribution in [0.2, 0.25) is 0 Å². The Morgan fingerprint density at radius 3 is 2.92 bits per heavy atom. The average molecular weight is 204 g/mol. The van der Waals surface area contributed by atoms with Gasteiger partial charge in [0.15, 0.2) is 11.0 Å². The van der Waals surface area contributed by atoms with Crippen LogP contribution in [0.4, 0.5) is 0 Å². The van der Waals surface area contributed by atoms with Crippen molar-refractivity contribution in [2.75, 3.05) is 12.4 Å². The molecule has 0 radical (unpaired) electrons. The molecule has 1 saturated heterocycles. The maximum Gasteiger partial charge on any atom is 0.165 e. The number of nitrogens with two attached hydrogens (primary N) is 1. The second-order valence-electron chi connectivity index (χ2n) is 3.21. The van der Waals surface area contributed by atoms with Crippen molar-refractivity contribution in [2.45, 2.75) is 32.2 Å². The molecule has 0 aliphatic carbocycles. The Bertz CT molecular complexity index is 201. The van der Waals surface area contributed by atoms with Gasteiger partial charge in [0.1, 0.15) is 0 Å². The molecule has 0 amide bonds. The molecule has 13 heavy (non-hydrogen) atoms. The van der Waals surface area contributed by atoms with Gasteiger partial charge in [0.2, 0.25) is 0 Å². The summed E-state index contributed by atoms with van der Waals surface area (Å²) in [5.41, 5.74) is 5.22. The molecule has 5 heteroatoms. The highest BCUT2D eigenvalue weighted by atomic mass is 32.2. The molecule has 0 spiro atoms. The van der Waals surface area contributed by atoms with Crippen LogP contribution in [0.1, 0.15) is 20.3 Å². The normalized spacial score (nSPS) is 33.5. The molecule has 1 aliphatic rings. The van der Waals surface area contributed by atoms with E-state index in [4.69, 9.17) is 20.6 Å². The van der Waals surface area contributed by atoms with Crippen LogP contribution < -0.4 is 5.73 Å². The Morgan fingerprint density at radius 1 is 1.77 bits per heavy atom. The van der Waals surface area contributed by atoms with Crippen molar-refractivity contribution in [3.05, 3.63) is 0 Å². The number of hydrogen-bond donors (Lipinski definition) is 2. The fourth-order valence-electron chi connectivity index (χ4n) is 1.14. The van der Waals surface area contributed by atoms with Crippen LogP contribution in [-0.2, 0) is 9.47 Å². The summed E-state index contributed by atoms with van der Waals surface area (Å²) in [5.74, 6) is 0.271. The summed E-state index contributed by atoms with van der Waals surface area (Å²) in [5, 5.41) is 7.18. The minimum Gasteiger partial charge on any atom is -0.379 e. The minimum absolute atomic E-state index is 0.0684. The summed E-state index contributed by atoms with van der Waals surface area (Å²) >= 11 is 1.30. The summed E-state index contributed by atoms with van der Waals surface area (Å²) in [6.45, 7) is 4.57. The third-order valence-corrected chi connectivity index (χ3v) is 2.91. The van der Waals surface area contributed by atoms with Crippen molar-refractivity contribution < 1.29 is 9.47 Å². The molecule has 4 nitrogen and oxygen atoms in total. The van der Waals surface area contributed by atoms with E-state index in [1.165, 1.54) is 11.8 Å². The standard InChI is InChI=1S/C8H16N2O2S/c1-3-8(2)11-4-6(12-8)5-13-7(9)10/h6H,3-5H2,1-2H3,(H3,9,10)/t6-,8+/m0/s1. The van der Waals surface area contributed by atoms with Crippen LogP contribution in [-0.4, -0.2) is 29.4 Å². The molecule has 76 valence electrons. The smallest absolute Gasteiger partial charge is 0.165 e. The number of nitrogens with one attached hydrogen (secondary N) is 1. The van der Waals surface area contributed by atoms with Gasteiger partial charge in [-0.05, 0) is 13.3 Å². The summed E-state index contributed by atoms with van der Waals surface area (Å²) in [7, 11) is 0. The first-order valence-electron chi connectivity index (χ1n) is 4.34.